The van der Waals surface area contributed by atoms with Crippen molar-refractivity contribution in [2.75, 3.05) is 26.4 Å². The molecule has 1 aliphatic rings. The summed E-state index contributed by atoms with van der Waals surface area (Å²) >= 11 is 0. The van der Waals surface area contributed by atoms with Crippen LogP contribution in [-0.4, -0.2) is 32.7 Å². The molecule has 1 fully saturated rings. The van der Waals surface area contributed by atoms with Crippen LogP contribution in [-0.2, 0) is 14.2 Å². The molecule has 0 amide bonds. The van der Waals surface area contributed by atoms with Crippen LogP contribution in [0, 0.1) is 5.41 Å². The highest BCUT2D eigenvalue weighted by Crippen LogP contribution is 2.31. The molecule has 0 saturated carbocycles. The lowest BCUT2D eigenvalue weighted by atomic mass is 9.84. The van der Waals surface area contributed by atoms with E-state index in [9.17, 15) is 0 Å². The van der Waals surface area contributed by atoms with Crippen LogP contribution in [0.3, 0.4) is 0 Å². The van der Waals surface area contributed by atoms with Gasteiger partial charge >= 0.3 is 0 Å². The van der Waals surface area contributed by atoms with Crippen LogP contribution in [0.2, 0.25) is 0 Å². The molecule has 1 aliphatic heterocycles. The average Bonchev–Trinajstić information content (AvgIpc) is 2.17. The molecule has 0 aliphatic carbocycles. The minimum absolute atomic E-state index is 0.0828. The molecule has 3 nitrogen and oxygen atoms in total. The van der Waals surface area contributed by atoms with Gasteiger partial charge in [-0.2, -0.15) is 0 Å². The Morgan fingerprint density at radius 3 is 2.47 bits per heavy atom. The predicted octanol–water partition coefficient (Wildman–Crippen LogP) is 2.59. The second-order valence-electron chi connectivity index (χ2n) is 4.45. The molecule has 0 N–H and O–H groups in total. The van der Waals surface area contributed by atoms with Gasteiger partial charge in [-0.25, -0.2) is 0 Å². The van der Waals surface area contributed by atoms with Gasteiger partial charge in [0.05, 0.1) is 19.8 Å². The molecule has 1 saturated heterocycles. The Kier molecular flexibility index (Phi) is 5.58. The summed E-state index contributed by atoms with van der Waals surface area (Å²) in [6.07, 6.45) is 3.31. The standard InChI is InChI=1S/C12H24O3/c1-4-6-7-14-11(3)15-10-12(5-2)8-13-9-12/h11H,4-10H2,1-3H3. The molecule has 90 valence electrons. The number of hydrogen-bond donors (Lipinski definition) is 0. The van der Waals surface area contributed by atoms with E-state index in [4.69, 9.17) is 14.2 Å². The van der Waals surface area contributed by atoms with E-state index in [2.05, 4.69) is 13.8 Å². The molecule has 0 spiro atoms. The van der Waals surface area contributed by atoms with Crippen LogP contribution in [0.5, 0.6) is 0 Å². The van der Waals surface area contributed by atoms with Gasteiger partial charge < -0.3 is 14.2 Å². The van der Waals surface area contributed by atoms with Crippen molar-refractivity contribution >= 4 is 0 Å². The van der Waals surface area contributed by atoms with E-state index in [1.54, 1.807) is 0 Å². The first kappa shape index (κ1) is 12.9. The normalized spacial score (nSPS) is 21.0. The van der Waals surface area contributed by atoms with Crippen LogP contribution in [0.25, 0.3) is 0 Å². The lowest BCUT2D eigenvalue weighted by Gasteiger charge is -2.40. The third kappa shape index (κ3) is 4.09. The lowest BCUT2D eigenvalue weighted by Crippen LogP contribution is -2.46. The van der Waals surface area contributed by atoms with Gasteiger partial charge in [0.1, 0.15) is 0 Å². The van der Waals surface area contributed by atoms with Crippen LogP contribution in [0.4, 0.5) is 0 Å². The smallest absolute Gasteiger partial charge is 0.154 e. The number of rotatable bonds is 8. The fourth-order valence-electron chi connectivity index (χ4n) is 1.52. The largest absolute Gasteiger partial charge is 0.380 e. The minimum Gasteiger partial charge on any atom is -0.380 e. The fraction of sp³-hybridized carbons (Fsp3) is 1.00. The molecule has 15 heavy (non-hydrogen) atoms. The summed E-state index contributed by atoms with van der Waals surface area (Å²) in [5.41, 5.74) is 0.266. The van der Waals surface area contributed by atoms with Gasteiger partial charge in [0.2, 0.25) is 0 Å². The Hall–Kier alpha value is -0.120. The van der Waals surface area contributed by atoms with Crippen molar-refractivity contribution in [3.8, 4) is 0 Å². The SMILES string of the molecule is CCCCOC(C)OCC1(CC)COC1. The third-order valence-corrected chi connectivity index (χ3v) is 3.04. The van der Waals surface area contributed by atoms with Gasteiger partial charge in [0.15, 0.2) is 6.29 Å². The summed E-state index contributed by atoms with van der Waals surface area (Å²) in [6, 6.07) is 0. The predicted molar refractivity (Wildman–Crippen MR) is 59.8 cm³/mol. The first-order chi connectivity index (χ1) is 7.22. The summed E-state index contributed by atoms with van der Waals surface area (Å²) in [4.78, 5) is 0. The third-order valence-electron chi connectivity index (χ3n) is 3.04. The Bertz CT molecular complexity index is 161. The van der Waals surface area contributed by atoms with Gasteiger partial charge in [0, 0.05) is 12.0 Å². The lowest BCUT2D eigenvalue weighted by molar-refractivity contribution is -0.202. The molecule has 1 unspecified atom stereocenters. The summed E-state index contributed by atoms with van der Waals surface area (Å²) in [5, 5.41) is 0. The van der Waals surface area contributed by atoms with Gasteiger partial charge in [-0.15, -0.1) is 0 Å². The zero-order valence-corrected chi connectivity index (χ0v) is 10.3. The quantitative estimate of drug-likeness (QED) is 0.461. The highest BCUT2D eigenvalue weighted by molar-refractivity contribution is 4.83. The molecule has 1 heterocycles. The van der Waals surface area contributed by atoms with Crippen LogP contribution in [0.1, 0.15) is 40.0 Å². The number of unbranched alkanes of at least 4 members (excludes halogenated alkanes) is 1. The average molecular weight is 216 g/mol. The van der Waals surface area contributed by atoms with Crippen LogP contribution < -0.4 is 0 Å². The number of ether oxygens (including phenoxy) is 3. The Morgan fingerprint density at radius 2 is 2.00 bits per heavy atom. The Labute approximate surface area is 93.1 Å². The summed E-state index contributed by atoms with van der Waals surface area (Å²) in [7, 11) is 0. The highest BCUT2D eigenvalue weighted by atomic mass is 16.7. The maximum absolute atomic E-state index is 5.68. The Balaban J connectivity index is 2.07. The van der Waals surface area contributed by atoms with Crippen molar-refractivity contribution in [3.05, 3.63) is 0 Å². The second-order valence-corrected chi connectivity index (χ2v) is 4.45. The number of hydrogen-bond acceptors (Lipinski definition) is 3. The molecule has 0 bridgehead atoms. The molecule has 1 atom stereocenters. The van der Waals surface area contributed by atoms with Crippen LogP contribution >= 0.6 is 0 Å². The van der Waals surface area contributed by atoms with Gasteiger partial charge in [-0.05, 0) is 19.8 Å². The maximum atomic E-state index is 5.68. The summed E-state index contributed by atoms with van der Waals surface area (Å²) < 4.78 is 16.5. The van der Waals surface area contributed by atoms with Crippen molar-refractivity contribution in [2.24, 2.45) is 5.41 Å². The van der Waals surface area contributed by atoms with Gasteiger partial charge in [-0.1, -0.05) is 20.3 Å². The first-order valence-corrected chi connectivity index (χ1v) is 6.03. The molecule has 1 rings (SSSR count). The monoisotopic (exact) mass is 216 g/mol. The molecule has 0 aromatic rings. The zero-order valence-electron chi connectivity index (χ0n) is 10.3. The Morgan fingerprint density at radius 1 is 1.27 bits per heavy atom. The molecule has 0 radical (unpaired) electrons. The van der Waals surface area contributed by atoms with E-state index >= 15 is 0 Å². The fourth-order valence-corrected chi connectivity index (χ4v) is 1.52. The molecule has 3 heteroatoms. The summed E-state index contributed by atoms with van der Waals surface area (Å²) in [6.45, 7) is 9.56. The second kappa shape index (κ2) is 6.46. The highest BCUT2D eigenvalue weighted by Gasteiger charge is 2.37. The summed E-state index contributed by atoms with van der Waals surface area (Å²) in [5.74, 6) is 0. The van der Waals surface area contributed by atoms with Crippen molar-refractivity contribution in [1.29, 1.82) is 0 Å². The van der Waals surface area contributed by atoms with Crippen LogP contribution in [0.15, 0.2) is 0 Å². The van der Waals surface area contributed by atoms with E-state index in [0.29, 0.717) is 0 Å². The van der Waals surface area contributed by atoms with Crippen molar-refractivity contribution in [3.63, 3.8) is 0 Å². The topological polar surface area (TPSA) is 27.7 Å². The van der Waals surface area contributed by atoms with Gasteiger partial charge in [-0.3, -0.25) is 0 Å². The molecular formula is C12H24O3. The van der Waals surface area contributed by atoms with Crippen molar-refractivity contribution in [1.82, 2.24) is 0 Å². The van der Waals surface area contributed by atoms with Gasteiger partial charge in [0.25, 0.3) is 0 Å². The molecular weight excluding hydrogens is 192 g/mol. The van der Waals surface area contributed by atoms with E-state index in [1.807, 2.05) is 6.92 Å². The molecule has 0 aromatic carbocycles. The van der Waals surface area contributed by atoms with E-state index in [-0.39, 0.29) is 11.7 Å². The van der Waals surface area contributed by atoms with E-state index in [1.165, 1.54) is 6.42 Å². The van der Waals surface area contributed by atoms with Crippen molar-refractivity contribution < 1.29 is 14.2 Å². The first-order valence-electron chi connectivity index (χ1n) is 6.03. The van der Waals surface area contributed by atoms with E-state index < -0.39 is 0 Å². The molecule has 0 aromatic heterocycles. The minimum atomic E-state index is -0.0828. The van der Waals surface area contributed by atoms with E-state index in [0.717, 1.165) is 39.3 Å². The zero-order chi connectivity index (χ0) is 11.1. The van der Waals surface area contributed by atoms with Crippen molar-refractivity contribution in [2.45, 2.75) is 46.3 Å². The maximum Gasteiger partial charge on any atom is 0.154 e.